The average molecular weight is 423 g/mol. The van der Waals surface area contributed by atoms with Crippen LogP contribution in [0.3, 0.4) is 0 Å². The van der Waals surface area contributed by atoms with Gasteiger partial charge in [-0.05, 0) is 48.5 Å². The summed E-state index contributed by atoms with van der Waals surface area (Å²) in [5, 5.41) is 0. The zero-order valence-electron chi connectivity index (χ0n) is 15.7. The van der Waals surface area contributed by atoms with Gasteiger partial charge in [-0.25, -0.2) is 19.9 Å². The van der Waals surface area contributed by atoms with Crippen LogP contribution in [-0.4, -0.2) is 19.9 Å². The standard InChI is InChI=1S/C24H14N4S2/c1-3-9-17-15(7-1)25-19-11-5-13-21(23(19)27-17)29-30-22-14-6-12-20-24(22)28-18-10-4-2-8-16(18)26-20/h1-14H. The summed E-state index contributed by atoms with van der Waals surface area (Å²) < 4.78 is 0. The van der Waals surface area contributed by atoms with Crippen LogP contribution in [0, 0.1) is 0 Å². The van der Waals surface area contributed by atoms with Gasteiger partial charge in [0.15, 0.2) is 0 Å². The molecule has 0 fully saturated rings. The van der Waals surface area contributed by atoms with Gasteiger partial charge in [-0.3, -0.25) is 0 Å². The van der Waals surface area contributed by atoms with Crippen LogP contribution in [0.1, 0.15) is 0 Å². The minimum Gasteiger partial charge on any atom is -0.244 e. The summed E-state index contributed by atoms with van der Waals surface area (Å²) >= 11 is 0. The first-order valence-corrected chi connectivity index (χ1v) is 11.7. The van der Waals surface area contributed by atoms with Crippen LogP contribution < -0.4 is 0 Å². The van der Waals surface area contributed by atoms with Gasteiger partial charge in [-0.1, -0.05) is 58.0 Å². The van der Waals surface area contributed by atoms with E-state index in [0.29, 0.717) is 0 Å². The van der Waals surface area contributed by atoms with Crippen molar-refractivity contribution in [3.63, 3.8) is 0 Å². The Labute approximate surface area is 180 Å². The topological polar surface area (TPSA) is 51.6 Å². The first kappa shape index (κ1) is 17.6. The summed E-state index contributed by atoms with van der Waals surface area (Å²) in [5.74, 6) is 0. The Kier molecular flexibility index (Phi) is 4.25. The van der Waals surface area contributed by atoms with Crippen molar-refractivity contribution in [3.05, 3.63) is 84.9 Å². The van der Waals surface area contributed by atoms with Crippen LogP contribution in [0.4, 0.5) is 0 Å². The number of aromatic nitrogens is 4. The van der Waals surface area contributed by atoms with Crippen molar-refractivity contribution in [1.82, 2.24) is 19.9 Å². The number of para-hydroxylation sites is 6. The van der Waals surface area contributed by atoms with Crippen molar-refractivity contribution < 1.29 is 0 Å². The molecule has 30 heavy (non-hydrogen) atoms. The molecule has 0 aliphatic rings. The Bertz CT molecular complexity index is 1450. The summed E-state index contributed by atoms with van der Waals surface area (Å²) in [6.07, 6.45) is 0. The number of fused-ring (bicyclic) bond motifs is 4. The van der Waals surface area contributed by atoms with E-state index in [-0.39, 0.29) is 0 Å². The van der Waals surface area contributed by atoms with Gasteiger partial charge in [0.25, 0.3) is 0 Å². The second kappa shape index (κ2) is 7.23. The molecular formula is C24H14N4S2. The summed E-state index contributed by atoms with van der Waals surface area (Å²) in [6.45, 7) is 0. The highest BCUT2D eigenvalue weighted by molar-refractivity contribution is 8.76. The first-order valence-electron chi connectivity index (χ1n) is 9.51. The van der Waals surface area contributed by atoms with Gasteiger partial charge in [0.1, 0.15) is 11.0 Å². The predicted molar refractivity (Wildman–Crippen MR) is 126 cm³/mol. The summed E-state index contributed by atoms with van der Waals surface area (Å²) in [7, 11) is 3.36. The van der Waals surface area contributed by atoms with Crippen molar-refractivity contribution in [2.45, 2.75) is 9.79 Å². The molecule has 0 saturated carbocycles. The number of nitrogens with zero attached hydrogens (tertiary/aromatic N) is 4. The maximum atomic E-state index is 4.87. The van der Waals surface area contributed by atoms with Gasteiger partial charge >= 0.3 is 0 Å². The molecular weight excluding hydrogens is 408 g/mol. The van der Waals surface area contributed by atoms with Gasteiger partial charge in [0.05, 0.1) is 33.1 Å². The number of rotatable bonds is 3. The van der Waals surface area contributed by atoms with E-state index in [1.807, 2.05) is 72.8 Å². The molecule has 0 aliphatic heterocycles. The Morgan fingerprint density at radius 2 is 0.733 bits per heavy atom. The van der Waals surface area contributed by atoms with Crippen molar-refractivity contribution in [1.29, 1.82) is 0 Å². The highest BCUT2D eigenvalue weighted by Crippen LogP contribution is 2.42. The molecule has 0 aliphatic carbocycles. The van der Waals surface area contributed by atoms with Crippen molar-refractivity contribution in [3.8, 4) is 0 Å². The molecule has 0 N–H and O–H groups in total. The van der Waals surface area contributed by atoms with Gasteiger partial charge < -0.3 is 0 Å². The molecule has 0 unspecified atom stereocenters. The highest BCUT2D eigenvalue weighted by Gasteiger charge is 2.11. The third-order valence-electron chi connectivity index (χ3n) is 4.89. The second-order valence-corrected chi connectivity index (χ2v) is 9.05. The third-order valence-corrected chi connectivity index (χ3v) is 7.32. The lowest BCUT2D eigenvalue weighted by molar-refractivity contribution is 1.34. The van der Waals surface area contributed by atoms with Crippen molar-refractivity contribution >= 4 is 65.7 Å². The lowest BCUT2D eigenvalue weighted by atomic mass is 10.2. The Hall–Kier alpha value is -3.22. The quantitative estimate of drug-likeness (QED) is 0.234. The number of benzene rings is 4. The van der Waals surface area contributed by atoms with E-state index in [0.717, 1.165) is 53.9 Å². The largest absolute Gasteiger partial charge is 0.244 e. The van der Waals surface area contributed by atoms with E-state index in [1.165, 1.54) is 0 Å². The first-order chi connectivity index (χ1) is 14.8. The molecule has 6 rings (SSSR count). The molecule has 0 amide bonds. The zero-order chi connectivity index (χ0) is 19.9. The molecule has 142 valence electrons. The molecule has 0 saturated heterocycles. The van der Waals surface area contributed by atoms with Crippen LogP contribution >= 0.6 is 21.6 Å². The lowest BCUT2D eigenvalue weighted by Gasteiger charge is -2.08. The molecule has 2 heterocycles. The minimum atomic E-state index is 0.906. The fraction of sp³-hybridized carbons (Fsp3) is 0. The molecule has 6 aromatic rings. The van der Waals surface area contributed by atoms with E-state index in [2.05, 4.69) is 12.1 Å². The van der Waals surface area contributed by atoms with Crippen LogP contribution in [-0.2, 0) is 0 Å². The second-order valence-electron chi connectivity index (χ2n) is 6.84. The van der Waals surface area contributed by atoms with E-state index in [1.54, 1.807) is 21.6 Å². The SMILES string of the molecule is c1ccc2nc3c(SSc4cccc5nc6ccccc6nc45)cccc3nc2c1. The predicted octanol–water partition coefficient (Wildman–Crippen LogP) is 6.68. The number of hydrogen-bond donors (Lipinski definition) is 0. The molecule has 0 bridgehead atoms. The van der Waals surface area contributed by atoms with Crippen LogP contribution in [0.2, 0.25) is 0 Å². The molecule has 2 aromatic heterocycles. The maximum absolute atomic E-state index is 4.87. The summed E-state index contributed by atoms with van der Waals surface area (Å²) in [5.41, 5.74) is 7.30. The van der Waals surface area contributed by atoms with Crippen LogP contribution in [0.5, 0.6) is 0 Å². The van der Waals surface area contributed by atoms with Crippen LogP contribution in [0.15, 0.2) is 94.7 Å². The maximum Gasteiger partial charge on any atom is 0.104 e. The van der Waals surface area contributed by atoms with Gasteiger partial charge in [-0.2, -0.15) is 0 Å². The smallest absolute Gasteiger partial charge is 0.104 e. The molecule has 4 nitrogen and oxygen atoms in total. The molecule has 6 heteroatoms. The third kappa shape index (κ3) is 3.05. The summed E-state index contributed by atoms with van der Waals surface area (Å²) in [4.78, 5) is 21.4. The fourth-order valence-corrected chi connectivity index (χ4v) is 5.71. The molecule has 0 spiro atoms. The number of hydrogen-bond acceptors (Lipinski definition) is 6. The van der Waals surface area contributed by atoms with E-state index >= 15 is 0 Å². The highest BCUT2D eigenvalue weighted by atomic mass is 33.1. The molecule has 0 atom stereocenters. The summed E-state index contributed by atoms with van der Waals surface area (Å²) in [6, 6.07) is 28.2. The van der Waals surface area contributed by atoms with E-state index < -0.39 is 0 Å². The molecule has 0 radical (unpaired) electrons. The monoisotopic (exact) mass is 422 g/mol. The minimum absolute atomic E-state index is 0.906. The van der Waals surface area contributed by atoms with Gasteiger partial charge in [0.2, 0.25) is 0 Å². The van der Waals surface area contributed by atoms with E-state index in [4.69, 9.17) is 19.9 Å². The Morgan fingerprint density at radius 1 is 0.367 bits per heavy atom. The fourth-order valence-electron chi connectivity index (χ4n) is 3.46. The normalized spacial score (nSPS) is 11.6. The Morgan fingerprint density at radius 3 is 1.17 bits per heavy atom. The lowest BCUT2D eigenvalue weighted by Crippen LogP contribution is -1.89. The zero-order valence-corrected chi connectivity index (χ0v) is 17.3. The Balaban J connectivity index is 1.42. The van der Waals surface area contributed by atoms with Crippen molar-refractivity contribution in [2.75, 3.05) is 0 Å². The van der Waals surface area contributed by atoms with E-state index in [9.17, 15) is 0 Å². The van der Waals surface area contributed by atoms with Crippen LogP contribution in [0.25, 0.3) is 44.1 Å². The van der Waals surface area contributed by atoms with Crippen molar-refractivity contribution in [2.24, 2.45) is 0 Å². The molecule has 4 aromatic carbocycles. The van der Waals surface area contributed by atoms with Gasteiger partial charge in [-0.15, -0.1) is 0 Å². The van der Waals surface area contributed by atoms with Gasteiger partial charge in [0, 0.05) is 9.79 Å². The average Bonchev–Trinajstić information content (AvgIpc) is 2.80.